The van der Waals surface area contributed by atoms with Gasteiger partial charge in [0.1, 0.15) is 5.69 Å². The maximum Gasteiger partial charge on any atom is 0.270 e. The van der Waals surface area contributed by atoms with Gasteiger partial charge < -0.3 is 10.6 Å². The average molecular weight is 359 g/mol. The number of nitrogens with zero attached hydrogens (tertiary/aromatic N) is 1. The lowest BCUT2D eigenvalue weighted by molar-refractivity contribution is 0.0946. The Morgan fingerprint density at radius 1 is 1.24 bits per heavy atom. The minimum absolute atomic E-state index is 0.115. The van der Waals surface area contributed by atoms with Crippen LogP contribution in [0.15, 0.2) is 42.6 Å². The van der Waals surface area contributed by atoms with Crippen LogP contribution in [0.4, 0.5) is 5.69 Å². The van der Waals surface area contributed by atoms with Gasteiger partial charge in [-0.25, -0.2) is 8.42 Å². The fourth-order valence-corrected chi connectivity index (χ4v) is 4.44. The molecule has 132 valence electrons. The largest absolute Gasteiger partial charge is 0.381 e. The Balaban J connectivity index is 1.60. The first-order valence-electron chi connectivity index (χ1n) is 8.18. The summed E-state index contributed by atoms with van der Waals surface area (Å²) in [4.78, 5) is 16.4. The maximum absolute atomic E-state index is 12.3. The average Bonchev–Trinajstić information content (AvgIpc) is 2.93. The van der Waals surface area contributed by atoms with Gasteiger partial charge in [0.25, 0.3) is 5.91 Å². The number of amides is 1. The summed E-state index contributed by atoms with van der Waals surface area (Å²) < 4.78 is 23.1. The first-order valence-corrected chi connectivity index (χ1v) is 10.0. The van der Waals surface area contributed by atoms with Crippen LogP contribution in [0.2, 0.25) is 0 Å². The van der Waals surface area contributed by atoms with Gasteiger partial charge in [0, 0.05) is 24.5 Å². The van der Waals surface area contributed by atoms with Crippen LogP contribution >= 0.6 is 0 Å². The highest BCUT2D eigenvalue weighted by atomic mass is 32.2. The highest BCUT2D eigenvalue weighted by Crippen LogP contribution is 2.17. The fourth-order valence-electron chi connectivity index (χ4n) is 2.77. The molecule has 3 rings (SSSR count). The first-order chi connectivity index (χ1) is 11.9. The van der Waals surface area contributed by atoms with Crippen molar-refractivity contribution in [1.29, 1.82) is 0 Å². The molecule has 25 heavy (non-hydrogen) atoms. The molecule has 1 saturated heterocycles. The van der Waals surface area contributed by atoms with E-state index in [1.807, 2.05) is 31.2 Å². The van der Waals surface area contributed by atoms with Gasteiger partial charge in [-0.05, 0) is 31.0 Å². The van der Waals surface area contributed by atoms with Crippen LogP contribution in [0.25, 0.3) is 0 Å². The Hall–Kier alpha value is -2.41. The number of aryl methyl sites for hydroxylation is 1. The number of pyridine rings is 1. The summed E-state index contributed by atoms with van der Waals surface area (Å²) >= 11 is 0. The molecule has 0 spiro atoms. The number of hydrogen-bond acceptors (Lipinski definition) is 5. The van der Waals surface area contributed by atoms with E-state index in [0.717, 1.165) is 5.56 Å². The van der Waals surface area contributed by atoms with Crippen LogP contribution in [0, 0.1) is 6.92 Å². The molecule has 2 N–H and O–H groups in total. The van der Waals surface area contributed by atoms with E-state index in [1.165, 1.54) is 5.56 Å². The van der Waals surface area contributed by atoms with E-state index < -0.39 is 9.84 Å². The Bertz CT molecular complexity index is 863. The van der Waals surface area contributed by atoms with Crippen molar-refractivity contribution in [2.24, 2.45) is 0 Å². The monoisotopic (exact) mass is 359 g/mol. The van der Waals surface area contributed by atoms with Crippen molar-refractivity contribution in [2.75, 3.05) is 16.8 Å². The normalized spacial score (nSPS) is 18.7. The molecule has 0 aliphatic carbocycles. The topological polar surface area (TPSA) is 88.2 Å². The number of sulfone groups is 1. The van der Waals surface area contributed by atoms with Gasteiger partial charge in [-0.2, -0.15) is 0 Å². The molecule has 0 bridgehead atoms. The number of aromatic nitrogens is 1. The Morgan fingerprint density at radius 3 is 2.68 bits per heavy atom. The number of nitrogens with one attached hydrogen (secondary N) is 2. The summed E-state index contributed by atoms with van der Waals surface area (Å²) in [7, 11) is -2.94. The summed E-state index contributed by atoms with van der Waals surface area (Å²) in [6.45, 7) is 2.44. The van der Waals surface area contributed by atoms with E-state index in [4.69, 9.17) is 0 Å². The Labute approximate surface area is 147 Å². The Kier molecular flexibility index (Phi) is 5.03. The number of hydrogen-bond donors (Lipinski definition) is 2. The molecule has 0 saturated carbocycles. The van der Waals surface area contributed by atoms with Crippen LogP contribution in [-0.4, -0.2) is 36.9 Å². The SMILES string of the molecule is Cc1ccc(CNC(=O)c2cc(NC3CCS(=O)(=O)C3)ccn2)cc1. The number of carbonyl (C=O) groups is 1. The lowest BCUT2D eigenvalue weighted by Crippen LogP contribution is -2.24. The lowest BCUT2D eigenvalue weighted by atomic mass is 10.1. The third-order valence-corrected chi connectivity index (χ3v) is 5.94. The second kappa shape index (κ2) is 7.23. The van der Waals surface area contributed by atoms with Gasteiger partial charge in [0.2, 0.25) is 0 Å². The number of anilines is 1. The van der Waals surface area contributed by atoms with Crippen molar-refractivity contribution in [2.45, 2.75) is 25.9 Å². The molecule has 7 heteroatoms. The highest BCUT2D eigenvalue weighted by Gasteiger charge is 2.27. The quantitative estimate of drug-likeness (QED) is 0.851. The molecule has 2 aromatic rings. The Morgan fingerprint density at radius 2 is 2.00 bits per heavy atom. The zero-order chi connectivity index (χ0) is 17.9. The summed E-state index contributed by atoms with van der Waals surface area (Å²) in [5, 5.41) is 6.02. The van der Waals surface area contributed by atoms with Crippen LogP contribution < -0.4 is 10.6 Å². The van der Waals surface area contributed by atoms with Gasteiger partial charge in [-0.3, -0.25) is 9.78 Å². The fraction of sp³-hybridized carbons (Fsp3) is 0.333. The van der Waals surface area contributed by atoms with E-state index in [1.54, 1.807) is 18.3 Å². The lowest BCUT2D eigenvalue weighted by Gasteiger charge is -2.13. The summed E-state index contributed by atoms with van der Waals surface area (Å²) in [6, 6.07) is 11.2. The van der Waals surface area contributed by atoms with Crippen molar-refractivity contribution in [3.05, 3.63) is 59.4 Å². The molecule has 1 aromatic carbocycles. The van der Waals surface area contributed by atoms with Gasteiger partial charge in [0.15, 0.2) is 9.84 Å². The van der Waals surface area contributed by atoms with Crippen LogP contribution in [0.3, 0.4) is 0 Å². The predicted molar refractivity (Wildman–Crippen MR) is 97.3 cm³/mol. The molecule has 0 radical (unpaired) electrons. The second-order valence-electron chi connectivity index (χ2n) is 6.34. The summed E-state index contributed by atoms with van der Waals surface area (Å²) in [5.41, 5.74) is 3.20. The standard InChI is InChI=1S/C18H21N3O3S/c1-13-2-4-14(5-3-13)11-20-18(22)17-10-15(6-8-19-17)21-16-7-9-25(23,24)12-16/h2-6,8,10,16H,7,9,11-12H2,1H3,(H,19,21)(H,20,22). The molecule has 1 aliphatic heterocycles. The van der Waals surface area contributed by atoms with Crippen LogP contribution in [0.5, 0.6) is 0 Å². The van der Waals surface area contributed by atoms with Crippen molar-refractivity contribution in [1.82, 2.24) is 10.3 Å². The van der Waals surface area contributed by atoms with Crippen molar-refractivity contribution >= 4 is 21.4 Å². The van der Waals surface area contributed by atoms with Gasteiger partial charge in [0.05, 0.1) is 11.5 Å². The predicted octanol–water partition coefficient (Wildman–Crippen LogP) is 1.92. The smallest absolute Gasteiger partial charge is 0.270 e. The van der Waals surface area contributed by atoms with Crippen molar-refractivity contribution in [3.8, 4) is 0 Å². The van der Waals surface area contributed by atoms with E-state index in [-0.39, 0.29) is 23.5 Å². The summed E-state index contributed by atoms with van der Waals surface area (Å²) in [5.74, 6) is 0.0764. The molecule has 1 aromatic heterocycles. The van der Waals surface area contributed by atoms with Crippen molar-refractivity contribution in [3.63, 3.8) is 0 Å². The molecule has 1 unspecified atom stereocenters. The number of rotatable bonds is 5. The van der Waals surface area contributed by atoms with Gasteiger partial charge in [-0.15, -0.1) is 0 Å². The van der Waals surface area contributed by atoms with E-state index in [0.29, 0.717) is 24.3 Å². The van der Waals surface area contributed by atoms with Crippen molar-refractivity contribution < 1.29 is 13.2 Å². The van der Waals surface area contributed by atoms with Gasteiger partial charge in [-0.1, -0.05) is 29.8 Å². The maximum atomic E-state index is 12.3. The zero-order valence-electron chi connectivity index (χ0n) is 14.0. The number of carbonyl (C=O) groups excluding carboxylic acids is 1. The molecular formula is C18H21N3O3S. The minimum Gasteiger partial charge on any atom is -0.381 e. The highest BCUT2D eigenvalue weighted by molar-refractivity contribution is 7.91. The van der Waals surface area contributed by atoms with Gasteiger partial charge >= 0.3 is 0 Å². The second-order valence-corrected chi connectivity index (χ2v) is 8.57. The van der Waals surface area contributed by atoms with Crippen LogP contribution in [-0.2, 0) is 16.4 Å². The van der Waals surface area contributed by atoms with E-state index in [2.05, 4.69) is 15.6 Å². The minimum atomic E-state index is -2.94. The molecule has 1 fully saturated rings. The summed E-state index contributed by atoms with van der Waals surface area (Å²) in [6.07, 6.45) is 2.13. The van der Waals surface area contributed by atoms with E-state index in [9.17, 15) is 13.2 Å². The third kappa shape index (κ3) is 4.79. The zero-order valence-corrected chi connectivity index (χ0v) is 14.8. The molecule has 6 nitrogen and oxygen atoms in total. The molecule has 1 amide bonds. The third-order valence-electron chi connectivity index (χ3n) is 4.17. The molecule has 1 atom stereocenters. The molecule has 1 aliphatic rings. The molecule has 2 heterocycles. The number of benzene rings is 1. The van der Waals surface area contributed by atoms with E-state index >= 15 is 0 Å². The molecular weight excluding hydrogens is 338 g/mol. The van der Waals surface area contributed by atoms with Crippen LogP contribution in [0.1, 0.15) is 28.0 Å². The first kappa shape index (κ1) is 17.4.